The van der Waals surface area contributed by atoms with Crippen LogP contribution in [0.15, 0.2) is 24.3 Å². The van der Waals surface area contributed by atoms with Crippen molar-refractivity contribution in [3.63, 3.8) is 0 Å². The zero-order chi connectivity index (χ0) is 13.7. The van der Waals surface area contributed by atoms with Crippen LogP contribution in [0.25, 0.3) is 0 Å². The largest absolute Gasteiger partial charge is 0.493 e. The van der Waals surface area contributed by atoms with E-state index >= 15 is 0 Å². The molecule has 0 bridgehead atoms. The second kappa shape index (κ2) is 6.71. The highest BCUT2D eigenvalue weighted by atomic mass is 16.5. The lowest BCUT2D eigenvalue weighted by Crippen LogP contribution is -2.28. The van der Waals surface area contributed by atoms with Crippen molar-refractivity contribution >= 4 is 5.78 Å². The van der Waals surface area contributed by atoms with E-state index in [9.17, 15) is 4.79 Å². The topological polar surface area (TPSA) is 29.5 Å². The summed E-state index contributed by atoms with van der Waals surface area (Å²) in [5, 5.41) is 0. The van der Waals surface area contributed by atoms with E-state index in [0.717, 1.165) is 19.0 Å². The maximum Gasteiger partial charge on any atom is 0.180 e. The fourth-order valence-corrected chi connectivity index (χ4v) is 2.66. The highest BCUT2D eigenvalue weighted by molar-refractivity contribution is 6.00. The molecule has 3 nitrogen and oxygen atoms in total. The predicted molar refractivity (Wildman–Crippen MR) is 76.8 cm³/mol. The molecule has 1 fully saturated rings. The van der Waals surface area contributed by atoms with Crippen LogP contribution in [-0.2, 0) is 0 Å². The maximum absolute atomic E-state index is 12.4. The Morgan fingerprint density at radius 1 is 1.37 bits per heavy atom. The first kappa shape index (κ1) is 14.1. The lowest BCUT2D eigenvalue weighted by molar-refractivity contribution is 0.0939. The zero-order valence-electron chi connectivity index (χ0n) is 11.9. The lowest BCUT2D eigenvalue weighted by Gasteiger charge is -2.16. The molecule has 1 saturated heterocycles. The summed E-state index contributed by atoms with van der Waals surface area (Å²) in [6.45, 7) is 7.36. The first-order valence-electron chi connectivity index (χ1n) is 7.22. The minimum atomic E-state index is 0.167. The summed E-state index contributed by atoms with van der Waals surface area (Å²) in [6.07, 6.45) is 2.43. The second-order valence-corrected chi connectivity index (χ2v) is 5.15. The molecule has 0 aliphatic carbocycles. The van der Waals surface area contributed by atoms with Crippen LogP contribution in [0.5, 0.6) is 5.75 Å². The number of Topliss-reactive ketones (excluding diaryl/α,β-unsaturated/α-hetero) is 1. The predicted octanol–water partition coefficient (Wildman–Crippen LogP) is 3.00. The third kappa shape index (κ3) is 3.57. The summed E-state index contributed by atoms with van der Waals surface area (Å²) in [7, 11) is 0. The van der Waals surface area contributed by atoms with Crippen LogP contribution in [0.3, 0.4) is 0 Å². The number of hydrogen-bond donors (Lipinski definition) is 0. The molecule has 0 radical (unpaired) electrons. The van der Waals surface area contributed by atoms with Crippen molar-refractivity contribution < 1.29 is 9.53 Å². The Kier molecular flexibility index (Phi) is 4.97. The molecular weight excluding hydrogens is 238 g/mol. The molecule has 19 heavy (non-hydrogen) atoms. The minimum Gasteiger partial charge on any atom is -0.493 e. The van der Waals surface area contributed by atoms with Gasteiger partial charge in [0.05, 0.1) is 18.7 Å². The Balaban J connectivity index is 2.00. The first-order valence-corrected chi connectivity index (χ1v) is 7.22. The van der Waals surface area contributed by atoms with Crippen molar-refractivity contribution in [2.45, 2.75) is 26.7 Å². The average Bonchev–Trinajstić information content (AvgIpc) is 2.87. The van der Waals surface area contributed by atoms with Gasteiger partial charge in [-0.25, -0.2) is 0 Å². The summed E-state index contributed by atoms with van der Waals surface area (Å²) in [6, 6.07) is 7.54. The monoisotopic (exact) mass is 261 g/mol. The second-order valence-electron chi connectivity index (χ2n) is 5.15. The summed E-state index contributed by atoms with van der Waals surface area (Å²) in [5.41, 5.74) is 0.712. The molecule has 3 heteroatoms. The molecule has 1 heterocycles. The Bertz CT molecular complexity index is 431. The van der Waals surface area contributed by atoms with E-state index in [0.29, 0.717) is 24.5 Å². The molecule has 0 spiro atoms. The smallest absolute Gasteiger partial charge is 0.180 e. The van der Waals surface area contributed by atoms with Gasteiger partial charge in [0.1, 0.15) is 5.75 Å². The first-order chi connectivity index (χ1) is 9.24. The van der Waals surface area contributed by atoms with Crippen molar-refractivity contribution in [2.75, 3.05) is 26.2 Å². The van der Waals surface area contributed by atoms with Crippen molar-refractivity contribution in [3.05, 3.63) is 29.8 Å². The number of ketones is 1. The van der Waals surface area contributed by atoms with E-state index in [2.05, 4.69) is 11.8 Å². The maximum atomic E-state index is 12.4. The summed E-state index contributed by atoms with van der Waals surface area (Å²) >= 11 is 0. The summed E-state index contributed by atoms with van der Waals surface area (Å²) in [4.78, 5) is 14.6. The highest BCUT2D eigenvalue weighted by Crippen LogP contribution is 2.22. The van der Waals surface area contributed by atoms with Crippen molar-refractivity contribution in [3.8, 4) is 5.75 Å². The number of likely N-dealkylation sites (tertiary alicyclic amines) is 1. The normalized spacial score (nSPS) is 19.6. The third-order valence-electron chi connectivity index (χ3n) is 3.80. The molecule has 104 valence electrons. The average molecular weight is 261 g/mol. The van der Waals surface area contributed by atoms with Crippen LogP contribution in [0.2, 0.25) is 0 Å². The summed E-state index contributed by atoms with van der Waals surface area (Å²) < 4.78 is 5.53. The van der Waals surface area contributed by atoms with Gasteiger partial charge in [-0.2, -0.15) is 0 Å². The van der Waals surface area contributed by atoms with Gasteiger partial charge in [0.15, 0.2) is 5.78 Å². The van der Waals surface area contributed by atoms with Gasteiger partial charge in [-0.15, -0.1) is 0 Å². The Morgan fingerprint density at radius 2 is 2.16 bits per heavy atom. The van der Waals surface area contributed by atoms with E-state index in [-0.39, 0.29) is 5.78 Å². The molecule has 0 aromatic heterocycles. The number of benzene rings is 1. The quantitative estimate of drug-likeness (QED) is 0.737. The van der Waals surface area contributed by atoms with Gasteiger partial charge in [-0.1, -0.05) is 25.5 Å². The standard InChI is InChI=1S/C16H23NO2/c1-3-13-9-10-17(11-13)12-15(18)14-7-5-6-8-16(14)19-4-2/h5-8,13H,3-4,9-12H2,1-2H3. The molecule has 1 aromatic rings. The van der Waals surface area contributed by atoms with Gasteiger partial charge in [0, 0.05) is 6.54 Å². The van der Waals surface area contributed by atoms with Crippen LogP contribution in [0, 0.1) is 5.92 Å². The van der Waals surface area contributed by atoms with E-state index in [1.165, 1.54) is 12.8 Å². The van der Waals surface area contributed by atoms with Crippen LogP contribution < -0.4 is 4.74 Å². The Labute approximate surface area is 115 Å². The van der Waals surface area contributed by atoms with E-state index in [4.69, 9.17) is 4.74 Å². The van der Waals surface area contributed by atoms with E-state index in [1.54, 1.807) is 0 Å². The van der Waals surface area contributed by atoms with Gasteiger partial charge in [-0.05, 0) is 37.9 Å². The number of rotatable bonds is 6. The number of carbonyl (C=O) groups excluding carboxylic acids is 1. The highest BCUT2D eigenvalue weighted by Gasteiger charge is 2.23. The van der Waals surface area contributed by atoms with Crippen LogP contribution in [0.4, 0.5) is 0 Å². The van der Waals surface area contributed by atoms with Crippen molar-refractivity contribution in [2.24, 2.45) is 5.92 Å². The van der Waals surface area contributed by atoms with E-state index in [1.807, 2.05) is 31.2 Å². The fourth-order valence-electron chi connectivity index (χ4n) is 2.66. The van der Waals surface area contributed by atoms with Gasteiger partial charge >= 0.3 is 0 Å². The molecule has 1 unspecified atom stereocenters. The number of hydrogen-bond acceptors (Lipinski definition) is 3. The molecule has 2 rings (SSSR count). The summed E-state index contributed by atoms with van der Waals surface area (Å²) in [5.74, 6) is 1.64. The third-order valence-corrected chi connectivity index (χ3v) is 3.80. The molecule has 1 atom stereocenters. The van der Waals surface area contributed by atoms with Gasteiger partial charge in [0.2, 0.25) is 0 Å². The molecule has 1 aliphatic heterocycles. The Morgan fingerprint density at radius 3 is 2.84 bits per heavy atom. The molecule has 0 saturated carbocycles. The Hall–Kier alpha value is -1.35. The molecular formula is C16H23NO2. The van der Waals surface area contributed by atoms with Gasteiger partial charge < -0.3 is 4.74 Å². The number of para-hydroxylation sites is 1. The van der Waals surface area contributed by atoms with Crippen LogP contribution >= 0.6 is 0 Å². The minimum absolute atomic E-state index is 0.167. The molecule has 1 aromatic carbocycles. The molecule has 0 N–H and O–H groups in total. The molecule has 1 aliphatic rings. The van der Waals surface area contributed by atoms with Crippen LogP contribution in [-0.4, -0.2) is 36.9 Å². The lowest BCUT2D eigenvalue weighted by atomic mass is 10.1. The SMILES string of the molecule is CCOc1ccccc1C(=O)CN1CCC(CC)C1. The molecule has 0 amide bonds. The zero-order valence-corrected chi connectivity index (χ0v) is 11.9. The number of nitrogens with zero attached hydrogens (tertiary/aromatic N) is 1. The van der Waals surface area contributed by atoms with Crippen molar-refractivity contribution in [1.29, 1.82) is 0 Å². The van der Waals surface area contributed by atoms with E-state index < -0.39 is 0 Å². The van der Waals surface area contributed by atoms with Crippen LogP contribution in [0.1, 0.15) is 37.0 Å². The fraction of sp³-hybridized carbons (Fsp3) is 0.562. The van der Waals surface area contributed by atoms with Gasteiger partial charge in [-0.3, -0.25) is 9.69 Å². The van der Waals surface area contributed by atoms with Gasteiger partial charge in [0.25, 0.3) is 0 Å². The number of ether oxygens (including phenoxy) is 1. The van der Waals surface area contributed by atoms with Crippen molar-refractivity contribution in [1.82, 2.24) is 4.90 Å². The number of carbonyl (C=O) groups is 1.